The zero-order chi connectivity index (χ0) is 22.4. The van der Waals surface area contributed by atoms with E-state index in [1.54, 1.807) is 33.5 Å². The van der Waals surface area contributed by atoms with Crippen LogP contribution in [0.3, 0.4) is 0 Å². The van der Waals surface area contributed by atoms with Gasteiger partial charge in [-0.25, -0.2) is 0 Å². The van der Waals surface area contributed by atoms with Crippen LogP contribution in [0.4, 0.5) is 4.79 Å². The number of nitrogens with zero attached hydrogens (tertiary/aromatic N) is 1. The Morgan fingerprint density at radius 2 is 1.90 bits per heavy atom. The Morgan fingerprint density at radius 1 is 1.13 bits per heavy atom. The van der Waals surface area contributed by atoms with Gasteiger partial charge in [0, 0.05) is 25.8 Å². The van der Waals surface area contributed by atoms with E-state index in [2.05, 4.69) is 5.32 Å². The van der Waals surface area contributed by atoms with Crippen molar-refractivity contribution >= 4 is 45.7 Å². The largest absolute Gasteiger partial charge is 0.497 e. The summed E-state index contributed by atoms with van der Waals surface area (Å²) >= 11 is 0.800. The highest BCUT2D eigenvalue weighted by Crippen LogP contribution is 2.37. The molecule has 31 heavy (non-hydrogen) atoms. The predicted octanol–water partition coefficient (Wildman–Crippen LogP) is 3.05. The van der Waals surface area contributed by atoms with Gasteiger partial charge in [-0.2, -0.15) is 0 Å². The molecule has 2 aromatic rings. The molecule has 3 amide bonds. The van der Waals surface area contributed by atoms with Crippen LogP contribution in [0.15, 0.2) is 35.2 Å². The maximum Gasteiger partial charge on any atom is 0.294 e. The zero-order valence-corrected chi connectivity index (χ0v) is 18.4. The number of nitrogens with one attached hydrogen (secondary N) is 1. The van der Waals surface area contributed by atoms with Crippen LogP contribution in [0.2, 0.25) is 0 Å². The lowest BCUT2D eigenvalue weighted by molar-refractivity contribution is -0.129. The molecule has 9 heteroatoms. The van der Waals surface area contributed by atoms with Gasteiger partial charge < -0.3 is 19.5 Å². The summed E-state index contributed by atoms with van der Waals surface area (Å²) in [5, 5.41) is 3.95. The second-order valence-electron chi connectivity index (χ2n) is 6.73. The number of carbonyl (C=O) groups is 3. The van der Waals surface area contributed by atoms with Crippen molar-refractivity contribution in [2.45, 2.75) is 6.42 Å². The minimum Gasteiger partial charge on any atom is -0.497 e. The topological polar surface area (TPSA) is 94.2 Å². The first-order valence-electron chi connectivity index (χ1n) is 9.64. The minimum absolute atomic E-state index is 0.228. The number of fused-ring (bicyclic) bond motifs is 1. The van der Waals surface area contributed by atoms with Crippen LogP contribution in [0.1, 0.15) is 12.0 Å². The molecule has 8 nitrogen and oxygen atoms in total. The second kappa shape index (κ2) is 10.3. The van der Waals surface area contributed by atoms with Crippen molar-refractivity contribution in [1.29, 1.82) is 0 Å². The summed E-state index contributed by atoms with van der Waals surface area (Å²) in [6.07, 6.45) is 2.27. The van der Waals surface area contributed by atoms with Crippen LogP contribution < -0.4 is 14.8 Å². The number of benzene rings is 2. The standard InChI is InChI=1S/C22H24N2O6S/c1-28-10-4-9-23-20(25)13-24-21(26)19(31-22(24)27)12-17-16-11-15(29-2)7-5-14(16)6-8-18(17)30-3/h5-8,11-12H,4,9-10,13H2,1-3H3,(H,23,25)/b19-12-. The van der Waals surface area contributed by atoms with Crippen LogP contribution in [0.5, 0.6) is 11.5 Å². The van der Waals surface area contributed by atoms with Gasteiger partial charge in [-0.1, -0.05) is 12.1 Å². The molecule has 1 aliphatic heterocycles. The molecule has 1 heterocycles. The molecule has 0 atom stereocenters. The summed E-state index contributed by atoms with van der Waals surface area (Å²) in [5.41, 5.74) is 0.661. The van der Waals surface area contributed by atoms with E-state index in [1.807, 2.05) is 24.3 Å². The van der Waals surface area contributed by atoms with Crippen molar-refractivity contribution in [3.05, 3.63) is 40.8 Å². The number of hydrogen-bond donors (Lipinski definition) is 1. The van der Waals surface area contributed by atoms with E-state index < -0.39 is 17.1 Å². The third kappa shape index (κ3) is 5.18. The normalized spacial score (nSPS) is 15.1. The SMILES string of the molecule is COCCCNC(=O)CN1C(=O)S/C(=C\c2c(OC)ccc3ccc(OC)cc23)C1=O. The zero-order valence-electron chi connectivity index (χ0n) is 17.6. The van der Waals surface area contributed by atoms with Gasteiger partial charge in [0.15, 0.2) is 0 Å². The Bertz CT molecular complexity index is 1030. The van der Waals surface area contributed by atoms with E-state index in [1.165, 1.54) is 0 Å². The van der Waals surface area contributed by atoms with Gasteiger partial charge in [-0.05, 0) is 53.2 Å². The fourth-order valence-electron chi connectivity index (χ4n) is 3.17. The molecule has 0 unspecified atom stereocenters. The Morgan fingerprint density at radius 3 is 2.61 bits per heavy atom. The Kier molecular flexibility index (Phi) is 7.54. The number of hydrogen-bond acceptors (Lipinski definition) is 7. The minimum atomic E-state index is -0.510. The van der Waals surface area contributed by atoms with E-state index in [9.17, 15) is 14.4 Å². The van der Waals surface area contributed by atoms with Crippen LogP contribution >= 0.6 is 11.8 Å². The molecule has 0 spiro atoms. The van der Waals surface area contributed by atoms with E-state index in [0.717, 1.165) is 27.4 Å². The summed E-state index contributed by atoms with van der Waals surface area (Å²) in [7, 11) is 4.69. The van der Waals surface area contributed by atoms with Crippen LogP contribution in [0, 0.1) is 0 Å². The molecular formula is C22H24N2O6S. The van der Waals surface area contributed by atoms with Gasteiger partial charge >= 0.3 is 0 Å². The molecule has 164 valence electrons. The first kappa shape index (κ1) is 22.6. The smallest absolute Gasteiger partial charge is 0.294 e. The van der Waals surface area contributed by atoms with E-state index >= 15 is 0 Å². The average molecular weight is 445 g/mol. The lowest BCUT2D eigenvalue weighted by Crippen LogP contribution is -2.39. The van der Waals surface area contributed by atoms with E-state index in [0.29, 0.717) is 36.6 Å². The number of rotatable bonds is 9. The number of imide groups is 1. The molecule has 0 bridgehead atoms. The van der Waals surface area contributed by atoms with Gasteiger partial charge in [0.1, 0.15) is 18.0 Å². The Hall–Kier alpha value is -3.04. The van der Waals surface area contributed by atoms with Gasteiger partial charge in [0.2, 0.25) is 5.91 Å². The fraction of sp³-hybridized carbons (Fsp3) is 0.318. The van der Waals surface area contributed by atoms with Crippen LogP contribution in [0.25, 0.3) is 16.8 Å². The molecule has 0 saturated carbocycles. The van der Waals surface area contributed by atoms with Crippen molar-refractivity contribution < 1.29 is 28.6 Å². The van der Waals surface area contributed by atoms with Gasteiger partial charge in [0.25, 0.3) is 11.1 Å². The number of carbonyl (C=O) groups excluding carboxylic acids is 3. The van der Waals surface area contributed by atoms with E-state index in [4.69, 9.17) is 14.2 Å². The number of thioether (sulfide) groups is 1. The van der Waals surface area contributed by atoms with Crippen LogP contribution in [-0.4, -0.2) is 63.0 Å². The molecule has 1 fully saturated rings. The third-order valence-electron chi connectivity index (χ3n) is 4.75. The molecule has 2 aromatic carbocycles. The summed E-state index contributed by atoms with van der Waals surface area (Å²) in [4.78, 5) is 38.5. The molecule has 0 radical (unpaired) electrons. The number of methoxy groups -OCH3 is 3. The first-order chi connectivity index (χ1) is 15.0. The molecule has 3 rings (SSSR count). The number of amides is 3. The maximum absolute atomic E-state index is 12.8. The van der Waals surface area contributed by atoms with Gasteiger partial charge in [-0.3, -0.25) is 19.3 Å². The summed E-state index contributed by atoms with van der Waals surface area (Å²) in [5.74, 6) is 0.313. The van der Waals surface area contributed by atoms with Crippen molar-refractivity contribution in [3.63, 3.8) is 0 Å². The lowest BCUT2D eigenvalue weighted by atomic mass is 10.0. The first-order valence-corrected chi connectivity index (χ1v) is 10.5. The van der Waals surface area contributed by atoms with E-state index in [-0.39, 0.29) is 11.4 Å². The molecule has 0 aliphatic carbocycles. The molecule has 1 saturated heterocycles. The summed E-state index contributed by atoms with van der Waals surface area (Å²) in [6.45, 7) is 0.603. The monoisotopic (exact) mass is 444 g/mol. The average Bonchev–Trinajstić information content (AvgIpc) is 3.04. The highest BCUT2D eigenvalue weighted by atomic mass is 32.2. The lowest BCUT2D eigenvalue weighted by Gasteiger charge is -2.13. The highest BCUT2D eigenvalue weighted by molar-refractivity contribution is 8.18. The fourth-order valence-corrected chi connectivity index (χ4v) is 3.99. The molecule has 0 aromatic heterocycles. The predicted molar refractivity (Wildman–Crippen MR) is 119 cm³/mol. The van der Waals surface area contributed by atoms with Crippen molar-refractivity contribution in [2.75, 3.05) is 41.0 Å². The Balaban J connectivity index is 1.85. The third-order valence-corrected chi connectivity index (χ3v) is 5.66. The molecule has 1 N–H and O–H groups in total. The summed E-state index contributed by atoms with van der Waals surface area (Å²) < 4.78 is 15.7. The van der Waals surface area contributed by atoms with Crippen molar-refractivity contribution in [1.82, 2.24) is 10.2 Å². The van der Waals surface area contributed by atoms with Gasteiger partial charge in [-0.15, -0.1) is 0 Å². The van der Waals surface area contributed by atoms with Crippen molar-refractivity contribution in [3.8, 4) is 11.5 Å². The van der Waals surface area contributed by atoms with Crippen LogP contribution in [-0.2, 0) is 14.3 Å². The maximum atomic E-state index is 12.8. The quantitative estimate of drug-likeness (QED) is 0.469. The van der Waals surface area contributed by atoms with Gasteiger partial charge in [0.05, 0.1) is 19.1 Å². The Labute approximate surface area is 184 Å². The van der Waals surface area contributed by atoms with Crippen molar-refractivity contribution in [2.24, 2.45) is 0 Å². The molecular weight excluding hydrogens is 420 g/mol. The molecule has 1 aliphatic rings. The highest BCUT2D eigenvalue weighted by Gasteiger charge is 2.36. The summed E-state index contributed by atoms with van der Waals surface area (Å²) in [6, 6.07) is 9.31. The number of ether oxygens (including phenoxy) is 3. The second-order valence-corrected chi connectivity index (χ2v) is 7.73.